The lowest BCUT2D eigenvalue weighted by Gasteiger charge is -2.26. The number of carbonyl (C=O) groups is 1. The number of hydrogen-bond acceptors (Lipinski definition) is 4. The fourth-order valence-electron chi connectivity index (χ4n) is 1.83. The quantitative estimate of drug-likeness (QED) is 0.863. The first-order valence-electron chi connectivity index (χ1n) is 5.64. The van der Waals surface area contributed by atoms with Crippen LogP contribution in [0.15, 0.2) is 21.5 Å². The van der Waals surface area contributed by atoms with Crippen molar-refractivity contribution in [3.63, 3.8) is 0 Å². The highest BCUT2D eigenvalue weighted by molar-refractivity contribution is 9.10. The van der Waals surface area contributed by atoms with E-state index < -0.39 is 32.3 Å². The van der Waals surface area contributed by atoms with Crippen molar-refractivity contribution in [2.45, 2.75) is 4.90 Å². The molecule has 1 aliphatic rings. The molecule has 0 spiro atoms. The summed E-state index contributed by atoms with van der Waals surface area (Å²) < 4.78 is 40.3. The summed E-state index contributed by atoms with van der Waals surface area (Å²) in [5, 5.41) is 8.92. The summed E-state index contributed by atoms with van der Waals surface area (Å²) in [6, 6.07) is 2.14. The molecule has 0 atom stereocenters. The van der Waals surface area contributed by atoms with Crippen molar-refractivity contribution >= 4 is 43.7 Å². The minimum absolute atomic E-state index is 0.209. The highest BCUT2D eigenvalue weighted by Gasteiger charge is 2.31. The van der Waals surface area contributed by atoms with E-state index >= 15 is 0 Å². The smallest absolute Gasteiger partial charge is 0.338 e. The van der Waals surface area contributed by atoms with Gasteiger partial charge < -0.3 is 5.11 Å². The fraction of sp³-hybridized carbons (Fsp3) is 0.364. The molecule has 1 aromatic rings. The first-order valence-corrected chi connectivity index (χ1v) is 9.03. The lowest BCUT2D eigenvalue weighted by Crippen LogP contribution is -2.38. The molecule has 1 aromatic carbocycles. The predicted molar refractivity (Wildman–Crippen MR) is 77.1 cm³/mol. The molecule has 0 bridgehead atoms. The highest BCUT2D eigenvalue weighted by Crippen LogP contribution is 2.28. The summed E-state index contributed by atoms with van der Waals surface area (Å²) in [7, 11) is -4.02. The van der Waals surface area contributed by atoms with Crippen LogP contribution < -0.4 is 0 Å². The summed E-state index contributed by atoms with van der Waals surface area (Å²) >= 11 is 4.64. The molecule has 2 rings (SSSR count). The standard InChI is InChI=1S/C11H11BrFNO4S2/c12-7-5-8(11(15)16)10(13)9(6-7)20(17,18)14-1-3-19-4-2-14/h5-6H,1-4H2,(H,15,16). The molecule has 0 aromatic heterocycles. The van der Waals surface area contributed by atoms with Crippen LogP contribution in [0.1, 0.15) is 10.4 Å². The third kappa shape index (κ3) is 3.00. The van der Waals surface area contributed by atoms with Gasteiger partial charge in [0.1, 0.15) is 4.90 Å². The van der Waals surface area contributed by atoms with E-state index in [0.717, 1.165) is 12.1 Å². The Morgan fingerprint density at radius 1 is 1.35 bits per heavy atom. The molecule has 1 heterocycles. The van der Waals surface area contributed by atoms with Crippen molar-refractivity contribution in [1.82, 2.24) is 4.31 Å². The first-order chi connectivity index (χ1) is 9.34. The number of nitrogens with zero attached hydrogens (tertiary/aromatic N) is 1. The Morgan fingerprint density at radius 2 is 1.95 bits per heavy atom. The van der Waals surface area contributed by atoms with Crippen LogP contribution in [0.3, 0.4) is 0 Å². The van der Waals surface area contributed by atoms with Crippen molar-refractivity contribution in [2.24, 2.45) is 0 Å². The normalized spacial score (nSPS) is 17.1. The minimum Gasteiger partial charge on any atom is -0.478 e. The van der Waals surface area contributed by atoms with Crippen molar-refractivity contribution in [1.29, 1.82) is 0 Å². The van der Waals surface area contributed by atoms with Crippen molar-refractivity contribution in [3.8, 4) is 0 Å². The maximum Gasteiger partial charge on any atom is 0.338 e. The van der Waals surface area contributed by atoms with E-state index in [4.69, 9.17) is 5.11 Å². The number of aromatic carboxylic acids is 1. The van der Waals surface area contributed by atoms with Gasteiger partial charge in [0.25, 0.3) is 0 Å². The second-order valence-electron chi connectivity index (χ2n) is 4.09. The van der Waals surface area contributed by atoms with Gasteiger partial charge in [-0.1, -0.05) is 15.9 Å². The van der Waals surface area contributed by atoms with Gasteiger partial charge in [-0.05, 0) is 12.1 Å². The Labute approximate surface area is 128 Å². The number of carboxylic acid groups (broad SMARTS) is 1. The molecule has 1 N–H and O–H groups in total. The number of sulfonamides is 1. The second kappa shape index (κ2) is 6.00. The third-order valence-electron chi connectivity index (χ3n) is 2.82. The number of benzene rings is 1. The van der Waals surface area contributed by atoms with E-state index in [9.17, 15) is 17.6 Å². The third-order valence-corrected chi connectivity index (χ3v) is 6.12. The van der Waals surface area contributed by atoms with E-state index in [2.05, 4.69) is 15.9 Å². The number of carboxylic acids is 1. The number of halogens is 2. The highest BCUT2D eigenvalue weighted by atomic mass is 79.9. The Morgan fingerprint density at radius 3 is 2.50 bits per heavy atom. The molecule has 5 nitrogen and oxygen atoms in total. The Kier molecular flexibility index (Phi) is 4.73. The molecule has 0 unspecified atom stereocenters. The molecule has 0 saturated carbocycles. The van der Waals surface area contributed by atoms with Crippen LogP contribution >= 0.6 is 27.7 Å². The van der Waals surface area contributed by atoms with Gasteiger partial charge in [0.2, 0.25) is 10.0 Å². The van der Waals surface area contributed by atoms with Gasteiger partial charge >= 0.3 is 5.97 Å². The van der Waals surface area contributed by atoms with Crippen LogP contribution in [-0.2, 0) is 10.0 Å². The topological polar surface area (TPSA) is 74.7 Å². The minimum atomic E-state index is -4.02. The number of rotatable bonds is 3. The maximum atomic E-state index is 14.1. The molecular formula is C11H11BrFNO4S2. The monoisotopic (exact) mass is 383 g/mol. The molecule has 1 fully saturated rings. The van der Waals surface area contributed by atoms with Crippen molar-refractivity contribution in [3.05, 3.63) is 28.0 Å². The average molecular weight is 384 g/mol. The fourth-order valence-corrected chi connectivity index (χ4v) is 5.13. The molecule has 0 amide bonds. The Bertz CT molecular complexity index is 644. The van der Waals surface area contributed by atoms with Crippen LogP contribution in [-0.4, -0.2) is 48.4 Å². The van der Waals surface area contributed by atoms with Crippen molar-refractivity contribution < 1.29 is 22.7 Å². The summed E-state index contributed by atoms with van der Waals surface area (Å²) in [5.74, 6) is -1.45. The molecule has 20 heavy (non-hydrogen) atoms. The van der Waals surface area contributed by atoms with Gasteiger partial charge in [0.05, 0.1) is 5.56 Å². The average Bonchev–Trinajstić information content (AvgIpc) is 2.41. The van der Waals surface area contributed by atoms with Crippen molar-refractivity contribution in [2.75, 3.05) is 24.6 Å². The van der Waals surface area contributed by atoms with Crippen LogP contribution in [0.4, 0.5) is 4.39 Å². The van der Waals surface area contributed by atoms with Gasteiger partial charge in [0.15, 0.2) is 5.82 Å². The summed E-state index contributed by atoms with van der Waals surface area (Å²) in [6.07, 6.45) is 0. The van der Waals surface area contributed by atoms with Gasteiger partial charge in [-0.25, -0.2) is 17.6 Å². The SMILES string of the molecule is O=C(O)c1cc(Br)cc(S(=O)(=O)N2CCSCC2)c1F. The van der Waals surface area contributed by atoms with Crippen LogP contribution in [0.5, 0.6) is 0 Å². The zero-order valence-corrected chi connectivity index (χ0v) is 13.4. The van der Waals surface area contributed by atoms with E-state index in [1.54, 1.807) is 11.8 Å². The van der Waals surface area contributed by atoms with Crippen LogP contribution in [0.2, 0.25) is 0 Å². The molecule has 1 saturated heterocycles. The first kappa shape index (κ1) is 15.7. The van der Waals surface area contributed by atoms with Gasteiger partial charge in [0, 0.05) is 29.1 Å². The summed E-state index contributed by atoms with van der Waals surface area (Å²) in [5.41, 5.74) is -0.663. The van der Waals surface area contributed by atoms with Crippen LogP contribution in [0, 0.1) is 5.82 Å². The molecular weight excluding hydrogens is 373 g/mol. The molecule has 1 aliphatic heterocycles. The van der Waals surface area contributed by atoms with E-state index in [0.29, 0.717) is 24.6 Å². The Hall–Kier alpha value is -0.640. The zero-order chi connectivity index (χ0) is 14.9. The predicted octanol–water partition coefficient (Wildman–Crippen LogP) is 2.02. The molecule has 0 radical (unpaired) electrons. The van der Waals surface area contributed by atoms with Crippen LogP contribution in [0.25, 0.3) is 0 Å². The maximum absolute atomic E-state index is 14.1. The lowest BCUT2D eigenvalue weighted by atomic mass is 10.2. The largest absolute Gasteiger partial charge is 0.478 e. The van der Waals surface area contributed by atoms with E-state index in [1.165, 1.54) is 4.31 Å². The van der Waals surface area contributed by atoms with E-state index in [1.807, 2.05) is 0 Å². The number of hydrogen-bond donors (Lipinski definition) is 1. The van der Waals surface area contributed by atoms with E-state index in [-0.39, 0.29) is 4.47 Å². The molecule has 110 valence electrons. The van der Waals surface area contributed by atoms with Gasteiger partial charge in [-0.3, -0.25) is 0 Å². The zero-order valence-electron chi connectivity index (χ0n) is 10.2. The summed E-state index contributed by atoms with van der Waals surface area (Å²) in [4.78, 5) is 10.4. The van der Waals surface area contributed by atoms with Gasteiger partial charge in [-0.2, -0.15) is 16.1 Å². The second-order valence-corrected chi connectivity index (χ2v) is 8.13. The molecule has 9 heteroatoms. The lowest BCUT2D eigenvalue weighted by molar-refractivity contribution is 0.0691. The summed E-state index contributed by atoms with van der Waals surface area (Å²) in [6.45, 7) is 0.586. The Balaban J connectivity index is 2.53. The molecule has 0 aliphatic carbocycles. The van der Waals surface area contributed by atoms with Gasteiger partial charge in [-0.15, -0.1) is 0 Å². The number of thioether (sulfide) groups is 1.